The fourth-order valence-corrected chi connectivity index (χ4v) is 5.84. The van der Waals surface area contributed by atoms with Crippen molar-refractivity contribution in [3.63, 3.8) is 0 Å². The molecule has 43 heavy (non-hydrogen) atoms. The molecule has 1 aliphatic rings. The minimum Gasteiger partial charge on any atom is -0.454 e. The number of carbonyl (C=O) groups is 3. The highest BCUT2D eigenvalue weighted by molar-refractivity contribution is 14.1. The molecule has 1 aliphatic heterocycles. The van der Waals surface area contributed by atoms with Gasteiger partial charge in [0.25, 0.3) is 11.8 Å². The first-order chi connectivity index (χ1) is 20.8. The molecule has 4 aromatic rings. The number of esters is 1. The fraction of sp³-hybridized carbons (Fsp3) is 0.0323. The summed E-state index contributed by atoms with van der Waals surface area (Å²) < 4.78 is 18.4. The Bertz CT molecular complexity index is 1780. The van der Waals surface area contributed by atoms with Crippen molar-refractivity contribution < 1.29 is 28.6 Å². The lowest BCUT2D eigenvalue weighted by Gasteiger charge is -2.12. The van der Waals surface area contributed by atoms with E-state index in [4.69, 9.17) is 14.2 Å². The smallest absolute Gasteiger partial charge is 0.344 e. The van der Waals surface area contributed by atoms with Crippen LogP contribution in [0.2, 0.25) is 0 Å². The molecule has 0 saturated heterocycles. The molecule has 1 heterocycles. The molecular weight excluding hydrogens is 797 g/mol. The molecule has 2 amide bonds. The lowest BCUT2D eigenvalue weighted by molar-refractivity contribution is -0.117. The molecule has 0 atom stereocenters. The number of halogens is 3. The van der Waals surface area contributed by atoms with E-state index >= 15 is 0 Å². The number of rotatable bonds is 8. The quantitative estimate of drug-likeness (QED) is 0.0512. The summed E-state index contributed by atoms with van der Waals surface area (Å²) >= 11 is 8.92. The Morgan fingerprint density at radius 1 is 0.907 bits per heavy atom. The number of nitrogens with zero attached hydrogens (tertiary/aromatic N) is 1. The average molecular weight is 817 g/mol. The number of hydrogen-bond donors (Lipinski definition) is 2. The monoisotopic (exact) mass is 815 g/mol. The van der Waals surface area contributed by atoms with E-state index in [1.807, 2.05) is 6.07 Å². The van der Waals surface area contributed by atoms with Crippen molar-refractivity contribution in [1.29, 1.82) is 0 Å². The zero-order valence-electron chi connectivity index (χ0n) is 22.0. The van der Waals surface area contributed by atoms with Crippen molar-refractivity contribution in [3.8, 4) is 17.2 Å². The van der Waals surface area contributed by atoms with Crippen molar-refractivity contribution >= 4 is 84.5 Å². The molecule has 0 aliphatic carbocycles. The highest BCUT2D eigenvalue weighted by Crippen LogP contribution is 2.34. The van der Waals surface area contributed by atoms with Crippen LogP contribution >= 0.6 is 54.5 Å². The Kier molecular flexibility index (Phi) is 9.89. The first-order valence-electron chi connectivity index (χ1n) is 12.6. The topological polar surface area (TPSA) is 115 Å². The molecule has 216 valence electrons. The first kappa shape index (κ1) is 30.4. The Balaban J connectivity index is 1.39. The first-order valence-corrected chi connectivity index (χ1v) is 15.2. The van der Waals surface area contributed by atoms with Gasteiger partial charge in [0.15, 0.2) is 17.2 Å². The van der Waals surface area contributed by atoms with Crippen LogP contribution in [0.4, 0.5) is 0 Å². The summed E-state index contributed by atoms with van der Waals surface area (Å²) in [4.78, 5) is 39.1. The number of benzene rings is 4. The summed E-state index contributed by atoms with van der Waals surface area (Å²) in [5, 5.41) is 6.74. The molecule has 5 rings (SSSR count). The van der Waals surface area contributed by atoms with Crippen LogP contribution < -0.4 is 25.0 Å². The second-order valence-electron chi connectivity index (χ2n) is 8.87. The molecule has 0 saturated carbocycles. The normalized spacial score (nSPS) is 12.2. The van der Waals surface area contributed by atoms with Gasteiger partial charge in [-0.3, -0.25) is 9.59 Å². The van der Waals surface area contributed by atoms with Gasteiger partial charge in [-0.25, -0.2) is 10.2 Å². The molecule has 9 nitrogen and oxygen atoms in total. The summed E-state index contributed by atoms with van der Waals surface area (Å²) in [6.45, 7) is 0.100. The number of nitrogens with one attached hydrogen (secondary N) is 2. The Labute approximate surface area is 276 Å². The number of fused-ring (bicyclic) bond motifs is 1. The van der Waals surface area contributed by atoms with E-state index < -0.39 is 17.8 Å². The van der Waals surface area contributed by atoms with Crippen molar-refractivity contribution in [1.82, 2.24) is 10.7 Å². The summed E-state index contributed by atoms with van der Waals surface area (Å²) in [5.74, 6) is -0.409. The van der Waals surface area contributed by atoms with Gasteiger partial charge in [-0.2, -0.15) is 5.10 Å². The number of amides is 2. The van der Waals surface area contributed by atoms with E-state index in [0.717, 1.165) is 3.57 Å². The molecule has 0 bridgehead atoms. The van der Waals surface area contributed by atoms with Crippen LogP contribution in [0.1, 0.15) is 31.8 Å². The van der Waals surface area contributed by atoms with Crippen LogP contribution in [0.15, 0.2) is 105 Å². The minimum absolute atomic E-state index is 0.0643. The van der Waals surface area contributed by atoms with Crippen LogP contribution in [0.3, 0.4) is 0 Å². The van der Waals surface area contributed by atoms with Gasteiger partial charge in [0, 0.05) is 19.2 Å². The van der Waals surface area contributed by atoms with E-state index in [1.165, 1.54) is 12.3 Å². The maximum Gasteiger partial charge on any atom is 0.344 e. The lowest BCUT2D eigenvalue weighted by Crippen LogP contribution is -2.32. The number of carbonyl (C=O) groups excluding carboxylic acids is 3. The predicted molar refractivity (Wildman–Crippen MR) is 176 cm³/mol. The number of ether oxygens (including phenoxy) is 3. The van der Waals surface area contributed by atoms with E-state index in [9.17, 15) is 14.4 Å². The third-order valence-corrected chi connectivity index (χ3v) is 7.92. The predicted octanol–water partition coefficient (Wildman–Crippen LogP) is 6.69. The molecular formula is C31H20Br2IN3O6. The molecule has 12 heteroatoms. The van der Waals surface area contributed by atoms with Crippen LogP contribution in [-0.2, 0) is 4.79 Å². The SMILES string of the molecule is O=C(NN=Cc1cc(Br)cc(Br)c1OC(=O)c1ccccc1I)C(=Cc1ccc2c(c1)OCO2)NC(=O)c1ccccc1. The van der Waals surface area contributed by atoms with Gasteiger partial charge in [0.1, 0.15) is 5.70 Å². The highest BCUT2D eigenvalue weighted by Gasteiger charge is 2.19. The van der Waals surface area contributed by atoms with Crippen molar-refractivity contribution in [2.24, 2.45) is 5.10 Å². The molecule has 0 unspecified atom stereocenters. The summed E-state index contributed by atoms with van der Waals surface area (Å²) in [7, 11) is 0. The van der Waals surface area contributed by atoms with E-state index in [2.05, 4.69) is 70.3 Å². The van der Waals surface area contributed by atoms with Crippen LogP contribution in [0, 0.1) is 3.57 Å². The van der Waals surface area contributed by atoms with E-state index in [1.54, 1.807) is 78.9 Å². The average Bonchev–Trinajstić information content (AvgIpc) is 3.47. The fourth-order valence-electron chi connectivity index (χ4n) is 3.89. The zero-order chi connectivity index (χ0) is 30.3. The summed E-state index contributed by atoms with van der Waals surface area (Å²) in [6, 6.07) is 24.1. The summed E-state index contributed by atoms with van der Waals surface area (Å²) in [5.41, 5.74) is 4.14. The van der Waals surface area contributed by atoms with Gasteiger partial charge in [-0.1, -0.05) is 52.3 Å². The van der Waals surface area contributed by atoms with E-state index in [-0.39, 0.29) is 18.2 Å². The molecule has 2 N–H and O–H groups in total. The Morgan fingerprint density at radius 3 is 2.44 bits per heavy atom. The highest BCUT2D eigenvalue weighted by atomic mass is 127. The van der Waals surface area contributed by atoms with Crippen LogP contribution in [-0.4, -0.2) is 30.8 Å². The van der Waals surface area contributed by atoms with Crippen molar-refractivity contribution in [2.45, 2.75) is 0 Å². The second kappa shape index (κ2) is 14.0. The third kappa shape index (κ3) is 7.69. The molecule has 0 spiro atoms. The zero-order valence-corrected chi connectivity index (χ0v) is 27.3. The maximum absolute atomic E-state index is 13.3. The molecule has 0 radical (unpaired) electrons. The lowest BCUT2D eigenvalue weighted by atomic mass is 10.1. The van der Waals surface area contributed by atoms with Gasteiger partial charge in [0.05, 0.1) is 16.3 Å². The Morgan fingerprint density at radius 2 is 1.65 bits per heavy atom. The second-order valence-corrected chi connectivity index (χ2v) is 11.8. The van der Waals surface area contributed by atoms with Crippen LogP contribution in [0.25, 0.3) is 6.08 Å². The minimum atomic E-state index is -0.690. The van der Waals surface area contributed by atoms with Gasteiger partial charge in [-0.05, 0) is 98.7 Å². The third-order valence-electron chi connectivity index (χ3n) is 5.93. The van der Waals surface area contributed by atoms with Crippen molar-refractivity contribution in [3.05, 3.63) is 125 Å². The van der Waals surface area contributed by atoms with Crippen molar-refractivity contribution in [2.75, 3.05) is 6.79 Å². The van der Waals surface area contributed by atoms with E-state index in [0.29, 0.717) is 42.7 Å². The number of hydrazone groups is 1. The number of hydrogen-bond acceptors (Lipinski definition) is 7. The van der Waals surface area contributed by atoms with Gasteiger partial charge in [0.2, 0.25) is 6.79 Å². The van der Waals surface area contributed by atoms with Gasteiger partial charge < -0.3 is 19.5 Å². The largest absolute Gasteiger partial charge is 0.454 e. The standard InChI is InChI=1S/C31H20Br2IN3O6/c32-21-14-20(28(23(33)15-21)43-31(40)22-8-4-5-9-24(22)34)16-35-37-30(39)25(36-29(38)19-6-2-1-3-7-19)12-18-10-11-26-27(13-18)42-17-41-26/h1-16H,17H2,(H,36,38)(H,37,39). The Hall–Kier alpha value is -4.01. The van der Waals surface area contributed by atoms with Gasteiger partial charge >= 0.3 is 5.97 Å². The molecule has 0 aromatic heterocycles. The van der Waals surface area contributed by atoms with Gasteiger partial charge in [-0.15, -0.1) is 0 Å². The molecule has 0 fully saturated rings. The van der Waals surface area contributed by atoms with Crippen LogP contribution in [0.5, 0.6) is 17.2 Å². The maximum atomic E-state index is 13.3. The molecule has 4 aromatic carbocycles. The summed E-state index contributed by atoms with van der Waals surface area (Å²) in [6.07, 6.45) is 2.83.